The number of urea groups is 1. The largest absolute Gasteiger partial charge is 0.343 e. The zero-order valence-corrected chi connectivity index (χ0v) is 28.4. The molecule has 1 N–H and O–H groups in total. The first-order chi connectivity index (χ1) is 22.3. The highest BCUT2D eigenvalue weighted by atomic mass is 16.2. The third-order valence-corrected chi connectivity index (χ3v) is 11.8. The second kappa shape index (κ2) is 14.6. The number of para-hydroxylation sites is 1. The highest BCUT2D eigenvalue weighted by Gasteiger charge is 2.36. The van der Waals surface area contributed by atoms with Crippen LogP contribution in [0.15, 0.2) is 36.4 Å². The quantitative estimate of drug-likeness (QED) is 0.358. The predicted molar refractivity (Wildman–Crippen MR) is 184 cm³/mol. The number of amides is 4. The van der Waals surface area contributed by atoms with Gasteiger partial charge < -0.3 is 20.0 Å². The van der Waals surface area contributed by atoms with Crippen LogP contribution in [0.2, 0.25) is 0 Å². The molecule has 2 saturated heterocycles. The molecule has 6 rings (SSSR count). The Morgan fingerprint density at radius 1 is 0.804 bits per heavy atom. The van der Waals surface area contributed by atoms with E-state index < -0.39 is 0 Å². The van der Waals surface area contributed by atoms with Gasteiger partial charge in [-0.1, -0.05) is 62.4 Å². The van der Waals surface area contributed by atoms with Gasteiger partial charge in [0.2, 0.25) is 11.8 Å². The number of nitrogens with one attached hydrogen (secondary N) is 1. The first-order valence-corrected chi connectivity index (χ1v) is 18.1. The van der Waals surface area contributed by atoms with Crippen molar-refractivity contribution in [3.63, 3.8) is 0 Å². The topological polar surface area (TPSA) is 73.0 Å². The molecule has 0 spiro atoms. The van der Waals surface area contributed by atoms with Crippen molar-refractivity contribution < 1.29 is 14.4 Å². The lowest BCUT2D eigenvalue weighted by molar-refractivity contribution is -0.143. The van der Waals surface area contributed by atoms with E-state index in [9.17, 15) is 14.4 Å². The van der Waals surface area contributed by atoms with Crippen LogP contribution in [0.25, 0.3) is 0 Å². The van der Waals surface area contributed by atoms with Gasteiger partial charge in [-0.15, -0.1) is 0 Å². The maximum absolute atomic E-state index is 14.2. The Morgan fingerprint density at radius 3 is 2.13 bits per heavy atom. The second-order valence-electron chi connectivity index (χ2n) is 14.7. The highest BCUT2D eigenvalue weighted by molar-refractivity contribution is 5.91. The highest BCUT2D eigenvalue weighted by Crippen LogP contribution is 2.36. The minimum atomic E-state index is -0.354. The monoisotopic (exact) mass is 626 g/mol. The van der Waals surface area contributed by atoms with E-state index in [4.69, 9.17) is 0 Å². The third kappa shape index (κ3) is 7.44. The zero-order valence-electron chi connectivity index (χ0n) is 28.4. The van der Waals surface area contributed by atoms with Crippen molar-refractivity contribution in [3.8, 4) is 0 Å². The number of benzene rings is 2. The van der Waals surface area contributed by atoms with Gasteiger partial charge in [0.05, 0.1) is 5.92 Å². The van der Waals surface area contributed by atoms with Crippen molar-refractivity contribution in [2.75, 3.05) is 38.0 Å². The summed E-state index contributed by atoms with van der Waals surface area (Å²) in [5.41, 5.74) is 6.98. The number of piperidine rings is 2. The Labute approximate surface area is 276 Å². The van der Waals surface area contributed by atoms with Crippen molar-refractivity contribution in [1.29, 1.82) is 0 Å². The molecule has 4 amide bonds. The minimum absolute atomic E-state index is 0.0451. The molecule has 7 heteroatoms. The second-order valence-corrected chi connectivity index (χ2v) is 14.7. The summed E-state index contributed by atoms with van der Waals surface area (Å²) in [6.07, 6.45) is 12.2. The summed E-state index contributed by atoms with van der Waals surface area (Å²) < 4.78 is 0. The van der Waals surface area contributed by atoms with Crippen LogP contribution in [0.4, 0.5) is 10.5 Å². The number of rotatable bonds is 7. The maximum atomic E-state index is 14.2. The van der Waals surface area contributed by atoms with Gasteiger partial charge in [0.25, 0.3) is 0 Å². The standard InChI is InChI=1S/C39H54N4O3/c1-27-23-30(24-28(2)29(27)3)25-34(38(45)42-18-13-32(14-19-42)31-9-5-4-6-10-31)26-37(44)41-20-16-35(17-21-41)43-22-15-33-11-7-8-12-36(33)40-39(43)46/h7-8,11-12,23-24,31-32,34-35H,4-6,9-10,13-22,25-26H2,1-3H3,(H,40,46)/t34-/m0/s1. The van der Waals surface area contributed by atoms with Crippen LogP contribution >= 0.6 is 0 Å². The lowest BCUT2D eigenvalue weighted by Gasteiger charge is -2.40. The zero-order chi connectivity index (χ0) is 32.2. The Morgan fingerprint density at radius 2 is 1.43 bits per heavy atom. The molecule has 3 aliphatic heterocycles. The van der Waals surface area contributed by atoms with Gasteiger partial charge in [-0.05, 0) is 105 Å². The number of anilines is 1. The molecular formula is C39H54N4O3. The molecule has 248 valence electrons. The smallest absolute Gasteiger partial charge is 0.322 e. The van der Waals surface area contributed by atoms with E-state index in [1.165, 1.54) is 54.4 Å². The molecule has 7 nitrogen and oxygen atoms in total. The summed E-state index contributed by atoms with van der Waals surface area (Å²) >= 11 is 0. The number of hydrogen-bond donors (Lipinski definition) is 1. The molecule has 2 aromatic rings. The van der Waals surface area contributed by atoms with Crippen LogP contribution in [0.1, 0.15) is 92.0 Å². The van der Waals surface area contributed by atoms with E-state index in [0.29, 0.717) is 26.1 Å². The molecule has 1 saturated carbocycles. The predicted octanol–water partition coefficient (Wildman–Crippen LogP) is 7.06. The van der Waals surface area contributed by atoms with Crippen molar-refractivity contribution >= 4 is 23.5 Å². The molecule has 1 aliphatic carbocycles. The Kier molecular flexibility index (Phi) is 10.3. The molecule has 0 unspecified atom stereocenters. The van der Waals surface area contributed by atoms with Crippen LogP contribution in [0.5, 0.6) is 0 Å². The van der Waals surface area contributed by atoms with Gasteiger partial charge in [-0.2, -0.15) is 0 Å². The first-order valence-electron chi connectivity index (χ1n) is 18.1. The Hall–Kier alpha value is -3.35. The van der Waals surface area contributed by atoms with E-state index in [1.54, 1.807) is 0 Å². The number of carbonyl (C=O) groups is 3. The van der Waals surface area contributed by atoms with Crippen LogP contribution in [0.3, 0.4) is 0 Å². The number of likely N-dealkylation sites (tertiary alicyclic amines) is 2. The number of fused-ring (bicyclic) bond motifs is 1. The average Bonchev–Trinajstić information content (AvgIpc) is 3.25. The summed E-state index contributed by atoms with van der Waals surface area (Å²) in [4.78, 5) is 47.1. The van der Waals surface area contributed by atoms with Gasteiger partial charge in [0, 0.05) is 50.9 Å². The van der Waals surface area contributed by atoms with Crippen molar-refractivity contribution in [3.05, 3.63) is 64.2 Å². The lowest BCUT2D eigenvalue weighted by atomic mass is 9.75. The maximum Gasteiger partial charge on any atom is 0.322 e. The van der Waals surface area contributed by atoms with E-state index in [0.717, 1.165) is 68.3 Å². The molecule has 2 aromatic carbocycles. The molecule has 0 bridgehead atoms. The summed E-state index contributed by atoms with van der Waals surface area (Å²) in [6, 6.07) is 12.5. The number of hydrogen-bond acceptors (Lipinski definition) is 3. The summed E-state index contributed by atoms with van der Waals surface area (Å²) in [5, 5.41) is 3.09. The van der Waals surface area contributed by atoms with Gasteiger partial charge in [0.15, 0.2) is 0 Å². The van der Waals surface area contributed by atoms with E-state index in [2.05, 4.69) is 49.2 Å². The van der Waals surface area contributed by atoms with Gasteiger partial charge >= 0.3 is 6.03 Å². The Bertz CT molecular complexity index is 1380. The number of nitrogens with zero attached hydrogens (tertiary/aromatic N) is 3. The third-order valence-electron chi connectivity index (χ3n) is 11.8. The van der Waals surface area contributed by atoms with Gasteiger partial charge in [-0.25, -0.2) is 4.79 Å². The SMILES string of the molecule is Cc1cc(C[C@@H](CC(=O)N2CCC(N3CCc4ccccc4NC3=O)CC2)C(=O)N2CCC(C3CCCCC3)CC2)cc(C)c1C. The van der Waals surface area contributed by atoms with E-state index >= 15 is 0 Å². The first kappa shape index (κ1) is 32.6. The van der Waals surface area contributed by atoms with Crippen molar-refractivity contribution in [2.24, 2.45) is 17.8 Å². The van der Waals surface area contributed by atoms with Crippen LogP contribution in [-0.2, 0) is 22.4 Å². The number of carbonyl (C=O) groups excluding carboxylic acids is 3. The lowest BCUT2D eigenvalue weighted by Crippen LogP contribution is -2.50. The fraction of sp³-hybridized carbons (Fsp3) is 0.615. The average molecular weight is 627 g/mol. The molecule has 46 heavy (non-hydrogen) atoms. The summed E-state index contributed by atoms with van der Waals surface area (Å²) in [6.45, 7) is 10.00. The van der Waals surface area contributed by atoms with Crippen LogP contribution in [-0.4, -0.2) is 71.3 Å². The summed E-state index contributed by atoms with van der Waals surface area (Å²) in [5.74, 6) is 1.45. The number of aryl methyl sites for hydroxylation is 2. The molecule has 1 atom stereocenters. The minimum Gasteiger partial charge on any atom is -0.343 e. The fourth-order valence-corrected chi connectivity index (χ4v) is 8.73. The molecule has 0 aromatic heterocycles. The molecule has 3 heterocycles. The normalized spacial score (nSPS) is 21.0. The fourth-order valence-electron chi connectivity index (χ4n) is 8.73. The molecule has 0 radical (unpaired) electrons. The van der Waals surface area contributed by atoms with E-state index in [1.807, 2.05) is 28.0 Å². The van der Waals surface area contributed by atoms with Crippen molar-refractivity contribution in [2.45, 2.75) is 104 Å². The van der Waals surface area contributed by atoms with Gasteiger partial charge in [-0.3, -0.25) is 9.59 Å². The summed E-state index contributed by atoms with van der Waals surface area (Å²) in [7, 11) is 0. The Balaban J connectivity index is 1.09. The van der Waals surface area contributed by atoms with Crippen LogP contribution in [0, 0.1) is 38.5 Å². The van der Waals surface area contributed by atoms with Crippen molar-refractivity contribution in [1.82, 2.24) is 14.7 Å². The van der Waals surface area contributed by atoms with Crippen LogP contribution < -0.4 is 5.32 Å². The molecule has 3 fully saturated rings. The van der Waals surface area contributed by atoms with Gasteiger partial charge in [0.1, 0.15) is 0 Å². The molecule has 4 aliphatic rings. The molecular weight excluding hydrogens is 572 g/mol. The van der Waals surface area contributed by atoms with E-state index in [-0.39, 0.29) is 36.2 Å².